The number of piperidine rings is 1. The van der Waals surface area contributed by atoms with Gasteiger partial charge in [0.15, 0.2) is 0 Å². The fourth-order valence-electron chi connectivity index (χ4n) is 2.57. The van der Waals surface area contributed by atoms with Gasteiger partial charge in [0, 0.05) is 18.2 Å². The number of alkyl halides is 3. The van der Waals surface area contributed by atoms with E-state index in [9.17, 15) is 18.0 Å². The van der Waals surface area contributed by atoms with Crippen LogP contribution in [0.3, 0.4) is 0 Å². The Balaban J connectivity index is 1.93. The topological polar surface area (TPSA) is 41.1 Å². The first-order valence-corrected chi connectivity index (χ1v) is 7.10. The van der Waals surface area contributed by atoms with Crippen molar-refractivity contribution in [2.45, 2.75) is 44.4 Å². The van der Waals surface area contributed by atoms with Crippen LogP contribution in [0.5, 0.6) is 0 Å². The molecule has 1 fully saturated rings. The van der Waals surface area contributed by atoms with E-state index < -0.39 is 12.2 Å². The molecule has 2 unspecified atom stereocenters. The molecule has 1 saturated heterocycles. The highest BCUT2D eigenvalue weighted by Crippen LogP contribution is 2.26. The molecule has 2 atom stereocenters. The van der Waals surface area contributed by atoms with E-state index in [1.165, 1.54) is 0 Å². The Kier molecular flexibility index (Phi) is 4.88. The summed E-state index contributed by atoms with van der Waals surface area (Å²) in [7, 11) is 0. The smallest absolute Gasteiger partial charge is 0.348 e. The monoisotopic (exact) mass is 300 g/mol. The van der Waals surface area contributed by atoms with Crippen molar-refractivity contribution in [3.05, 3.63) is 35.4 Å². The molecule has 116 valence electrons. The van der Waals surface area contributed by atoms with Gasteiger partial charge in [0.05, 0.1) is 0 Å². The Morgan fingerprint density at radius 1 is 1.33 bits per heavy atom. The van der Waals surface area contributed by atoms with Gasteiger partial charge in [-0.25, -0.2) is 0 Å². The van der Waals surface area contributed by atoms with Crippen LogP contribution in [-0.4, -0.2) is 30.7 Å². The highest BCUT2D eigenvalue weighted by molar-refractivity contribution is 5.95. The third-order valence-electron chi connectivity index (χ3n) is 3.79. The lowest BCUT2D eigenvalue weighted by atomic mass is 9.99. The normalized spacial score (nSPS) is 22.9. The van der Waals surface area contributed by atoms with Crippen LogP contribution >= 0.6 is 0 Å². The molecule has 21 heavy (non-hydrogen) atoms. The highest BCUT2D eigenvalue weighted by Gasteiger charge is 2.41. The van der Waals surface area contributed by atoms with Gasteiger partial charge in [0.1, 0.15) is 6.04 Å². The number of hydrogen-bond acceptors (Lipinski definition) is 2. The second kappa shape index (κ2) is 6.47. The maximum atomic E-state index is 12.5. The first-order valence-electron chi connectivity index (χ1n) is 7.10. The van der Waals surface area contributed by atoms with E-state index in [4.69, 9.17) is 0 Å². The van der Waals surface area contributed by atoms with Crippen molar-refractivity contribution < 1.29 is 18.0 Å². The van der Waals surface area contributed by atoms with Crippen molar-refractivity contribution in [3.8, 4) is 0 Å². The van der Waals surface area contributed by atoms with E-state index >= 15 is 0 Å². The summed E-state index contributed by atoms with van der Waals surface area (Å²) in [6.45, 7) is 2.10. The van der Waals surface area contributed by atoms with Crippen LogP contribution < -0.4 is 10.6 Å². The fourth-order valence-corrected chi connectivity index (χ4v) is 2.57. The minimum Gasteiger partial charge on any atom is -0.348 e. The van der Waals surface area contributed by atoms with Crippen molar-refractivity contribution >= 4 is 5.91 Å². The van der Waals surface area contributed by atoms with Crippen molar-refractivity contribution in [1.29, 1.82) is 0 Å². The standard InChI is InChI=1S/C15H19F3N2O/c1-2-10-5-3-4-6-12(10)14(21)20-11-7-8-13(19-9-11)15(16,17)18/h3-6,11,13,19H,2,7-9H2,1H3,(H,20,21). The summed E-state index contributed by atoms with van der Waals surface area (Å²) >= 11 is 0. The summed E-state index contributed by atoms with van der Waals surface area (Å²) in [5.74, 6) is -0.218. The van der Waals surface area contributed by atoms with Gasteiger partial charge in [-0.2, -0.15) is 13.2 Å². The molecule has 0 aromatic heterocycles. The largest absolute Gasteiger partial charge is 0.403 e. The molecule has 1 aromatic rings. The molecule has 1 heterocycles. The molecule has 0 saturated carbocycles. The Labute approximate surface area is 121 Å². The van der Waals surface area contributed by atoms with Crippen LogP contribution in [0.1, 0.15) is 35.7 Å². The minimum absolute atomic E-state index is 0.0100. The molecule has 1 aliphatic heterocycles. The lowest BCUT2D eigenvalue weighted by Crippen LogP contribution is -2.54. The molecule has 6 heteroatoms. The summed E-state index contributed by atoms with van der Waals surface area (Å²) in [4.78, 5) is 12.2. The number of rotatable bonds is 3. The predicted molar refractivity (Wildman–Crippen MR) is 74.2 cm³/mol. The van der Waals surface area contributed by atoms with Gasteiger partial charge in [-0.05, 0) is 30.9 Å². The van der Waals surface area contributed by atoms with Crippen LogP contribution in [-0.2, 0) is 6.42 Å². The molecule has 1 amide bonds. The van der Waals surface area contributed by atoms with Crippen LogP contribution in [0.2, 0.25) is 0 Å². The maximum Gasteiger partial charge on any atom is 0.403 e. The van der Waals surface area contributed by atoms with E-state index in [-0.39, 0.29) is 24.9 Å². The third-order valence-corrected chi connectivity index (χ3v) is 3.79. The molecule has 1 aliphatic rings. The average molecular weight is 300 g/mol. The van der Waals surface area contributed by atoms with Crippen LogP contribution in [0.25, 0.3) is 0 Å². The summed E-state index contributed by atoms with van der Waals surface area (Å²) in [5.41, 5.74) is 1.53. The van der Waals surface area contributed by atoms with Crippen molar-refractivity contribution in [2.75, 3.05) is 6.54 Å². The van der Waals surface area contributed by atoms with Gasteiger partial charge in [0.25, 0.3) is 5.91 Å². The number of carbonyl (C=O) groups is 1. The van der Waals surface area contributed by atoms with Crippen molar-refractivity contribution in [3.63, 3.8) is 0 Å². The number of nitrogens with one attached hydrogen (secondary N) is 2. The fraction of sp³-hybridized carbons (Fsp3) is 0.533. The number of halogens is 3. The van der Waals surface area contributed by atoms with Gasteiger partial charge < -0.3 is 10.6 Å². The predicted octanol–water partition coefficient (Wildman–Crippen LogP) is 2.66. The van der Waals surface area contributed by atoms with Crippen molar-refractivity contribution in [2.24, 2.45) is 0 Å². The Morgan fingerprint density at radius 2 is 2.05 bits per heavy atom. The van der Waals surface area contributed by atoms with Crippen LogP contribution in [0.4, 0.5) is 13.2 Å². The molecular formula is C15H19F3N2O. The molecule has 1 aromatic carbocycles. The first-order chi connectivity index (χ1) is 9.91. The van der Waals surface area contributed by atoms with Crippen molar-refractivity contribution in [1.82, 2.24) is 10.6 Å². The minimum atomic E-state index is -4.22. The van der Waals surface area contributed by atoms with Gasteiger partial charge in [0.2, 0.25) is 0 Å². The van der Waals surface area contributed by atoms with Gasteiger partial charge >= 0.3 is 6.18 Å². The molecular weight excluding hydrogens is 281 g/mol. The van der Waals surface area contributed by atoms with Crippen LogP contribution in [0.15, 0.2) is 24.3 Å². The maximum absolute atomic E-state index is 12.5. The average Bonchev–Trinajstić information content (AvgIpc) is 2.46. The second-order valence-corrected chi connectivity index (χ2v) is 5.26. The quantitative estimate of drug-likeness (QED) is 0.901. The lowest BCUT2D eigenvalue weighted by molar-refractivity contribution is -0.160. The summed E-state index contributed by atoms with van der Waals surface area (Å²) in [5, 5.41) is 5.27. The summed E-state index contributed by atoms with van der Waals surface area (Å²) in [6.07, 6.45) is -3.16. The Hall–Kier alpha value is -1.56. The zero-order valence-corrected chi connectivity index (χ0v) is 11.8. The molecule has 3 nitrogen and oxygen atoms in total. The van der Waals surface area contributed by atoms with Gasteiger partial charge in [-0.15, -0.1) is 0 Å². The van der Waals surface area contributed by atoms with Gasteiger partial charge in [-0.1, -0.05) is 25.1 Å². The molecule has 0 radical (unpaired) electrons. The Bertz CT molecular complexity index is 494. The van der Waals surface area contributed by atoms with E-state index in [1.807, 2.05) is 19.1 Å². The second-order valence-electron chi connectivity index (χ2n) is 5.26. The summed E-state index contributed by atoms with van der Waals surface area (Å²) < 4.78 is 37.6. The number of benzene rings is 1. The summed E-state index contributed by atoms with van der Waals surface area (Å²) in [6, 6.07) is 5.55. The number of amides is 1. The number of hydrogen-bond donors (Lipinski definition) is 2. The molecule has 0 aliphatic carbocycles. The number of aryl methyl sites for hydroxylation is 1. The third kappa shape index (κ3) is 3.97. The Morgan fingerprint density at radius 3 is 2.62 bits per heavy atom. The highest BCUT2D eigenvalue weighted by atomic mass is 19.4. The van der Waals surface area contributed by atoms with E-state index in [0.29, 0.717) is 12.0 Å². The van der Waals surface area contributed by atoms with Gasteiger partial charge in [-0.3, -0.25) is 4.79 Å². The molecule has 0 spiro atoms. The number of carbonyl (C=O) groups excluding carboxylic acids is 1. The van der Waals surface area contributed by atoms with E-state index in [0.717, 1.165) is 12.0 Å². The molecule has 2 N–H and O–H groups in total. The first kappa shape index (κ1) is 15.8. The van der Waals surface area contributed by atoms with Crippen LogP contribution in [0, 0.1) is 0 Å². The molecule has 2 rings (SSSR count). The van der Waals surface area contributed by atoms with E-state index in [1.54, 1.807) is 12.1 Å². The SMILES string of the molecule is CCc1ccccc1C(=O)NC1CCC(C(F)(F)F)NC1. The lowest BCUT2D eigenvalue weighted by Gasteiger charge is -2.31. The van der Waals surface area contributed by atoms with E-state index in [2.05, 4.69) is 10.6 Å². The molecule has 0 bridgehead atoms. The zero-order valence-electron chi connectivity index (χ0n) is 11.8. The zero-order chi connectivity index (χ0) is 15.5.